The maximum atomic E-state index is 13.7. The van der Waals surface area contributed by atoms with E-state index in [4.69, 9.17) is 0 Å². The molecule has 0 radical (unpaired) electrons. The van der Waals surface area contributed by atoms with Gasteiger partial charge in [-0.25, -0.2) is 4.39 Å². The highest BCUT2D eigenvalue weighted by Crippen LogP contribution is 2.33. The Morgan fingerprint density at radius 1 is 1.12 bits per heavy atom. The molecule has 2 aromatic rings. The number of halogens is 1. The Bertz CT molecular complexity index is 754. The normalized spacial score (nSPS) is 19.1. The van der Waals surface area contributed by atoms with Crippen LogP contribution in [0.3, 0.4) is 0 Å². The standard InChI is InChI=1S/C21H27FN2O/c1-14-18(19-12-15(22)10-11-20(19)23-14)13-21(25)24(16-6-2-3-7-16)17-8-4-5-9-17/h10-12,16-17,23H,2-9,13H2,1H3. The molecule has 0 saturated heterocycles. The van der Waals surface area contributed by atoms with Crippen molar-refractivity contribution in [1.29, 1.82) is 0 Å². The molecule has 1 aromatic carbocycles. The van der Waals surface area contributed by atoms with Gasteiger partial charge in [0.05, 0.1) is 6.42 Å². The van der Waals surface area contributed by atoms with Crippen LogP contribution in [0.2, 0.25) is 0 Å². The van der Waals surface area contributed by atoms with E-state index in [2.05, 4.69) is 9.88 Å². The number of fused-ring (bicyclic) bond motifs is 1. The van der Waals surface area contributed by atoms with Crippen LogP contribution in [0.5, 0.6) is 0 Å². The van der Waals surface area contributed by atoms with Crippen molar-refractivity contribution in [1.82, 2.24) is 9.88 Å². The maximum absolute atomic E-state index is 13.7. The Kier molecular flexibility index (Phi) is 4.53. The van der Waals surface area contributed by atoms with Crippen LogP contribution in [0.25, 0.3) is 10.9 Å². The monoisotopic (exact) mass is 342 g/mol. The highest BCUT2D eigenvalue weighted by Gasteiger charge is 2.34. The van der Waals surface area contributed by atoms with E-state index in [1.807, 2.05) is 6.92 Å². The van der Waals surface area contributed by atoms with Gasteiger partial charge in [-0.05, 0) is 56.4 Å². The molecule has 1 aromatic heterocycles. The number of carbonyl (C=O) groups excluding carboxylic acids is 1. The maximum Gasteiger partial charge on any atom is 0.227 e. The van der Waals surface area contributed by atoms with Crippen LogP contribution in [-0.2, 0) is 11.2 Å². The van der Waals surface area contributed by atoms with Crippen molar-refractivity contribution in [2.75, 3.05) is 0 Å². The molecule has 134 valence electrons. The van der Waals surface area contributed by atoms with Crippen molar-refractivity contribution in [2.24, 2.45) is 0 Å². The first-order valence-electron chi connectivity index (χ1n) is 9.71. The molecule has 1 N–H and O–H groups in total. The lowest BCUT2D eigenvalue weighted by Crippen LogP contribution is -2.45. The van der Waals surface area contributed by atoms with E-state index in [1.165, 1.54) is 31.7 Å². The van der Waals surface area contributed by atoms with Gasteiger partial charge in [0.25, 0.3) is 0 Å². The second-order valence-corrected chi connectivity index (χ2v) is 7.77. The molecule has 0 bridgehead atoms. The number of carbonyl (C=O) groups is 1. The molecule has 2 aliphatic rings. The molecule has 0 aliphatic heterocycles. The van der Waals surface area contributed by atoms with Crippen molar-refractivity contribution in [3.05, 3.63) is 35.3 Å². The van der Waals surface area contributed by atoms with Gasteiger partial charge in [-0.15, -0.1) is 0 Å². The zero-order chi connectivity index (χ0) is 17.4. The molecule has 0 unspecified atom stereocenters. The molecule has 3 nitrogen and oxygen atoms in total. The highest BCUT2D eigenvalue weighted by molar-refractivity contribution is 5.90. The number of aromatic amines is 1. The molecule has 0 spiro atoms. The van der Waals surface area contributed by atoms with Gasteiger partial charge in [0.1, 0.15) is 5.82 Å². The number of aromatic nitrogens is 1. The molecule has 2 aliphatic carbocycles. The average molecular weight is 342 g/mol. The van der Waals surface area contributed by atoms with E-state index in [0.717, 1.165) is 47.8 Å². The van der Waals surface area contributed by atoms with E-state index in [1.54, 1.807) is 12.1 Å². The second-order valence-electron chi connectivity index (χ2n) is 7.77. The van der Waals surface area contributed by atoms with Crippen LogP contribution >= 0.6 is 0 Å². The molecule has 2 fully saturated rings. The number of aryl methyl sites for hydroxylation is 1. The van der Waals surface area contributed by atoms with Gasteiger partial charge in [0.15, 0.2) is 0 Å². The van der Waals surface area contributed by atoms with Crippen molar-refractivity contribution < 1.29 is 9.18 Å². The summed E-state index contributed by atoms with van der Waals surface area (Å²) in [4.78, 5) is 18.8. The summed E-state index contributed by atoms with van der Waals surface area (Å²) in [5.74, 6) is -0.0179. The van der Waals surface area contributed by atoms with Crippen molar-refractivity contribution in [3.63, 3.8) is 0 Å². The largest absolute Gasteiger partial charge is 0.358 e. The Hall–Kier alpha value is -1.84. The van der Waals surface area contributed by atoms with Gasteiger partial charge in [0.2, 0.25) is 5.91 Å². The quantitative estimate of drug-likeness (QED) is 0.845. The molecular formula is C21H27FN2O. The minimum Gasteiger partial charge on any atom is -0.358 e. The predicted octanol–water partition coefficient (Wildman–Crippen LogP) is 4.87. The van der Waals surface area contributed by atoms with E-state index in [9.17, 15) is 9.18 Å². The van der Waals surface area contributed by atoms with Crippen LogP contribution in [0.1, 0.15) is 62.6 Å². The zero-order valence-corrected chi connectivity index (χ0v) is 15.0. The van der Waals surface area contributed by atoms with Crippen molar-refractivity contribution >= 4 is 16.8 Å². The van der Waals surface area contributed by atoms with E-state index >= 15 is 0 Å². The van der Waals surface area contributed by atoms with Gasteiger partial charge in [0, 0.05) is 28.7 Å². The number of nitrogens with one attached hydrogen (secondary N) is 1. The Balaban J connectivity index is 1.62. The number of hydrogen-bond acceptors (Lipinski definition) is 1. The first-order valence-corrected chi connectivity index (χ1v) is 9.71. The molecule has 0 atom stereocenters. The lowest BCUT2D eigenvalue weighted by Gasteiger charge is -2.35. The topological polar surface area (TPSA) is 36.1 Å². The molecule has 4 heteroatoms. The Labute approximate surface area is 148 Å². The Morgan fingerprint density at radius 2 is 1.72 bits per heavy atom. The van der Waals surface area contributed by atoms with E-state index < -0.39 is 0 Å². The first kappa shape index (κ1) is 16.6. The predicted molar refractivity (Wildman–Crippen MR) is 98.1 cm³/mol. The molecular weight excluding hydrogens is 315 g/mol. The van der Waals surface area contributed by atoms with Crippen LogP contribution in [0.15, 0.2) is 18.2 Å². The fourth-order valence-corrected chi connectivity index (χ4v) is 4.90. The number of H-pyrrole nitrogens is 1. The minimum atomic E-state index is -0.247. The molecule has 2 saturated carbocycles. The van der Waals surface area contributed by atoms with E-state index in [-0.39, 0.29) is 11.7 Å². The minimum absolute atomic E-state index is 0.229. The van der Waals surface area contributed by atoms with Gasteiger partial charge < -0.3 is 9.88 Å². The molecule has 4 rings (SSSR count). The zero-order valence-electron chi connectivity index (χ0n) is 15.0. The fraction of sp³-hybridized carbons (Fsp3) is 0.571. The summed E-state index contributed by atoms with van der Waals surface area (Å²) < 4.78 is 13.7. The van der Waals surface area contributed by atoms with Crippen molar-refractivity contribution in [3.8, 4) is 0 Å². The summed E-state index contributed by atoms with van der Waals surface area (Å²) in [6.07, 6.45) is 9.89. The van der Waals surface area contributed by atoms with Gasteiger partial charge in [-0.1, -0.05) is 25.7 Å². The van der Waals surface area contributed by atoms with E-state index in [0.29, 0.717) is 18.5 Å². The lowest BCUT2D eigenvalue weighted by molar-refractivity contribution is -0.135. The average Bonchev–Trinajstić information content (AvgIpc) is 3.32. The Morgan fingerprint density at radius 3 is 2.32 bits per heavy atom. The number of nitrogens with zero attached hydrogens (tertiary/aromatic N) is 1. The van der Waals surface area contributed by atoms with Crippen LogP contribution in [-0.4, -0.2) is 27.9 Å². The van der Waals surface area contributed by atoms with Gasteiger partial charge >= 0.3 is 0 Å². The van der Waals surface area contributed by atoms with Gasteiger partial charge in [-0.2, -0.15) is 0 Å². The van der Waals surface area contributed by atoms with Gasteiger partial charge in [-0.3, -0.25) is 4.79 Å². The summed E-state index contributed by atoms with van der Waals surface area (Å²) in [7, 11) is 0. The third-order valence-corrected chi connectivity index (χ3v) is 6.13. The summed E-state index contributed by atoms with van der Waals surface area (Å²) >= 11 is 0. The summed E-state index contributed by atoms with van der Waals surface area (Å²) in [6, 6.07) is 5.61. The number of hydrogen-bond donors (Lipinski definition) is 1. The number of amides is 1. The SMILES string of the molecule is Cc1[nH]c2ccc(F)cc2c1CC(=O)N(C1CCCC1)C1CCCC1. The lowest BCUT2D eigenvalue weighted by atomic mass is 10.0. The van der Waals surface area contributed by atoms with Crippen LogP contribution in [0.4, 0.5) is 4.39 Å². The molecule has 1 heterocycles. The fourth-order valence-electron chi connectivity index (χ4n) is 4.90. The third kappa shape index (κ3) is 3.19. The van der Waals surface area contributed by atoms with Crippen molar-refractivity contribution in [2.45, 2.75) is 76.8 Å². The third-order valence-electron chi connectivity index (χ3n) is 6.13. The van der Waals surface area contributed by atoms with Crippen LogP contribution < -0.4 is 0 Å². The number of benzene rings is 1. The second kappa shape index (κ2) is 6.81. The first-order chi connectivity index (χ1) is 12.1. The summed E-state index contributed by atoms with van der Waals surface area (Å²) in [5.41, 5.74) is 2.85. The molecule has 25 heavy (non-hydrogen) atoms. The summed E-state index contributed by atoms with van der Waals surface area (Å²) in [5, 5.41) is 0.851. The number of rotatable bonds is 4. The highest BCUT2D eigenvalue weighted by atomic mass is 19.1. The smallest absolute Gasteiger partial charge is 0.227 e. The summed E-state index contributed by atoms with van der Waals surface area (Å²) in [6.45, 7) is 1.98. The molecule has 1 amide bonds. The van der Waals surface area contributed by atoms with Crippen LogP contribution in [0, 0.1) is 12.7 Å².